The lowest BCUT2D eigenvalue weighted by molar-refractivity contribution is 0.628. The van der Waals surface area contributed by atoms with Crippen LogP contribution in [0.15, 0.2) is 36.4 Å². The lowest BCUT2D eigenvalue weighted by atomic mass is 10.2. The summed E-state index contributed by atoms with van der Waals surface area (Å²) in [6, 6.07) is 9.63. The van der Waals surface area contributed by atoms with Gasteiger partial charge in [0.25, 0.3) is 0 Å². The maximum atomic E-state index is 13.1. The Morgan fingerprint density at radius 1 is 1.06 bits per heavy atom. The molecule has 0 saturated heterocycles. The van der Waals surface area contributed by atoms with Crippen molar-refractivity contribution < 1.29 is 4.39 Å². The molecule has 0 aromatic heterocycles. The Morgan fingerprint density at radius 3 is 2.56 bits per heavy atom. The van der Waals surface area contributed by atoms with Gasteiger partial charge in [-0.1, -0.05) is 46.9 Å². The van der Waals surface area contributed by atoms with Crippen molar-refractivity contribution in [2.24, 2.45) is 0 Å². The molecule has 2 rings (SSSR count). The highest BCUT2D eigenvalue weighted by Crippen LogP contribution is 2.26. The maximum absolute atomic E-state index is 13.1. The minimum absolute atomic E-state index is 0.342. The Hall–Kier alpha value is -0.960. The monoisotopic (exact) mass is 303 g/mol. The molecule has 18 heavy (non-hydrogen) atoms. The number of nitrogens with one attached hydrogen (secondary N) is 1. The van der Waals surface area contributed by atoms with E-state index < -0.39 is 0 Å². The molecule has 0 fully saturated rings. The van der Waals surface area contributed by atoms with Gasteiger partial charge in [-0.2, -0.15) is 0 Å². The molecule has 2 aromatic carbocycles. The van der Waals surface area contributed by atoms with Gasteiger partial charge >= 0.3 is 0 Å². The molecule has 0 bridgehead atoms. The smallest absolute Gasteiger partial charge is 0.126 e. The van der Waals surface area contributed by atoms with Gasteiger partial charge in [0.05, 0.1) is 10.0 Å². The highest BCUT2D eigenvalue weighted by atomic mass is 35.5. The number of halogens is 4. The Bertz CT molecular complexity index is 552. The number of benzene rings is 2. The van der Waals surface area contributed by atoms with Crippen molar-refractivity contribution in [3.8, 4) is 0 Å². The zero-order valence-corrected chi connectivity index (χ0v) is 11.5. The molecular formula is C13H9Cl3FN. The summed E-state index contributed by atoms with van der Waals surface area (Å²) in [5, 5.41) is 4.37. The SMILES string of the molecule is Fc1cc(Cl)cc(NCc2cccc(Cl)c2Cl)c1. The van der Waals surface area contributed by atoms with Crippen molar-refractivity contribution in [3.63, 3.8) is 0 Å². The van der Waals surface area contributed by atoms with Crippen LogP contribution in [-0.2, 0) is 6.54 Å². The summed E-state index contributed by atoms with van der Waals surface area (Å²) in [5.41, 5.74) is 1.43. The molecule has 0 atom stereocenters. The molecule has 1 N–H and O–H groups in total. The van der Waals surface area contributed by atoms with Crippen LogP contribution in [-0.4, -0.2) is 0 Å². The normalized spacial score (nSPS) is 10.4. The molecule has 0 unspecified atom stereocenters. The number of hydrogen-bond acceptors (Lipinski definition) is 1. The topological polar surface area (TPSA) is 12.0 Å². The molecule has 0 spiro atoms. The van der Waals surface area contributed by atoms with Crippen LogP contribution >= 0.6 is 34.8 Å². The third-order valence-corrected chi connectivity index (χ3v) is 3.45. The number of anilines is 1. The summed E-state index contributed by atoms with van der Waals surface area (Å²) in [6.45, 7) is 0.444. The van der Waals surface area contributed by atoms with E-state index in [1.165, 1.54) is 12.1 Å². The van der Waals surface area contributed by atoms with Gasteiger partial charge in [-0.3, -0.25) is 0 Å². The van der Waals surface area contributed by atoms with Gasteiger partial charge < -0.3 is 5.32 Å². The first kappa shape index (κ1) is 13.5. The molecule has 2 aromatic rings. The molecule has 5 heteroatoms. The summed E-state index contributed by atoms with van der Waals surface area (Å²) < 4.78 is 13.1. The van der Waals surface area contributed by atoms with Gasteiger partial charge in [0.1, 0.15) is 5.82 Å². The molecule has 0 heterocycles. The predicted octanol–water partition coefficient (Wildman–Crippen LogP) is 5.40. The van der Waals surface area contributed by atoms with Crippen molar-refractivity contribution in [2.45, 2.75) is 6.54 Å². The fraction of sp³-hybridized carbons (Fsp3) is 0.0769. The fourth-order valence-corrected chi connectivity index (χ4v) is 2.15. The van der Waals surface area contributed by atoms with E-state index in [0.717, 1.165) is 5.56 Å². The number of rotatable bonds is 3. The molecule has 0 amide bonds. The summed E-state index contributed by atoms with van der Waals surface area (Å²) in [7, 11) is 0. The fourth-order valence-electron chi connectivity index (χ4n) is 1.54. The minimum Gasteiger partial charge on any atom is -0.381 e. The van der Waals surface area contributed by atoms with Gasteiger partial charge in [0.15, 0.2) is 0 Å². The van der Waals surface area contributed by atoms with E-state index in [9.17, 15) is 4.39 Å². The Kier molecular flexibility index (Phi) is 4.33. The lowest BCUT2D eigenvalue weighted by Crippen LogP contribution is -2.00. The molecule has 0 saturated carbocycles. The third-order valence-electron chi connectivity index (χ3n) is 2.38. The Labute approximate surface area is 119 Å². The van der Waals surface area contributed by atoms with E-state index in [2.05, 4.69) is 5.32 Å². The van der Waals surface area contributed by atoms with Crippen molar-refractivity contribution in [3.05, 3.63) is 62.8 Å². The quantitative estimate of drug-likeness (QED) is 0.800. The van der Waals surface area contributed by atoms with Crippen LogP contribution in [0.25, 0.3) is 0 Å². The van der Waals surface area contributed by atoms with Crippen molar-refractivity contribution in [1.29, 1.82) is 0 Å². The Morgan fingerprint density at radius 2 is 1.83 bits per heavy atom. The molecular weight excluding hydrogens is 296 g/mol. The first-order valence-electron chi connectivity index (χ1n) is 5.19. The largest absolute Gasteiger partial charge is 0.381 e. The van der Waals surface area contributed by atoms with Gasteiger partial charge in [-0.15, -0.1) is 0 Å². The first-order chi connectivity index (χ1) is 8.56. The second-order valence-electron chi connectivity index (χ2n) is 3.72. The molecule has 0 aliphatic heterocycles. The third kappa shape index (κ3) is 3.29. The second-order valence-corrected chi connectivity index (χ2v) is 4.95. The molecule has 94 valence electrons. The Balaban J connectivity index is 2.14. The van der Waals surface area contributed by atoms with Crippen molar-refractivity contribution in [2.75, 3.05) is 5.32 Å². The van der Waals surface area contributed by atoms with E-state index >= 15 is 0 Å². The average Bonchev–Trinajstić information content (AvgIpc) is 2.30. The van der Waals surface area contributed by atoms with E-state index in [1.54, 1.807) is 12.1 Å². The standard InChI is InChI=1S/C13H9Cl3FN/c14-9-4-10(17)6-11(5-9)18-7-8-2-1-3-12(15)13(8)16/h1-6,18H,7H2. The van der Waals surface area contributed by atoms with Crippen molar-refractivity contribution in [1.82, 2.24) is 0 Å². The van der Waals surface area contributed by atoms with Crippen LogP contribution in [0.4, 0.5) is 10.1 Å². The van der Waals surface area contributed by atoms with E-state index in [-0.39, 0.29) is 5.82 Å². The van der Waals surface area contributed by atoms with Crippen LogP contribution in [0.5, 0.6) is 0 Å². The summed E-state index contributed by atoms with van der Waals surface area (Å²) >= 11 is 17.7. The number of hydrogen-bond donors (Lipinski definition) is 1. The molecule has 0 aliphatic rings. The first-order valence-corrected chi connectivity index (χ1v) is 6.32. The van der Waals surface area contributed by atoms with Gasteiger partial charge in [-0.25, -0.2) is 4.39 Å². The van der Waals surface area contributed by atoms with Crippen LogP contribution in [0.1, 0.15) is 5.56 Å². The van der Waals surface area contributed by atoms with Crippen LogP contribution in [0.2, 0.25) is 15.1 Å². The van der Waals surface area contributed by atoms with Gasteiger partial charge in [-0.05, 0) is 29.8 Å². The highest BCUT2D eigenvalue weighted by molar-refractivity contribution is 6.42. The van der Waals surface area contributed by atoms with Crippen molar-refractivity contribution >= 4 is 40.5 Å². The summed E-state index contributed by atoms with van der Waals surface area (Å²) in [6.07, 6.45) is 0. The van der Waals surface area contributed by atoms with Gasteiger partial charge in [0.2, 0.25) is 0 Å². The van der Waals surface area contributed by atoms with E-state index in [1.807, 2.05) is 12.1 Å². The van der Waals surface area contributed by atoms with E-state index in [0.29, 0.717) is 27.3 Å². The predicted molar refractivity (Wildman–Crippen MR) is 75.2 cm³/mol. The maximum Gasteiger partial charge on any atom is 0.126 e. The van der Waals surface area contributed by atoms with Crippen LogP contribution in [0.3, 0.4) is 0 Å². The molecule has 0 radical (unpaired) electrons. The zero-order chi connectivity index (χ0) is 13.1. The average molecular weight is 305 g/mol. The zero-order valence-electron chi connectivity index (χ0n) is 9.18. The van der Waals surface area contributed by atoms with Gasteiger partial charge in [0, 0.05) is 17.3 Å². The summed E-state index contributed by atoms with van der Waals surface area (Å²) in [5.74, 6) is -0.387. The van der Waals surface area contributed by atoms with Crippen LogP contribution < -0.4 is 5.32 Å². The minimum atomic E-state index is -0.387. The van der Waals surface area contributed by atoms with E-state index in [4.69, 9.17) is 34.8 Å². The lowest BCUT2D eigenvalue weighted by Gasteiger charge is -2.09. The second kappa shape index (κ2) is 5.79. The summed E-state index contributed by atoms with van der Waals surface area (Å²) in [4.78, 5) is 0. The highest BCUT2D eigenvalue weighted by Gasteiger charge is 2.05. The molecule has 0 aliphatic carbocycles. The molecule has 1 nitrogen and oxygen atoms in total. The van der Waals surface area contributed by atoms with Crippen LogP contribution in [0, 0.1) is 5.82 Å².